The van der Waals surface area contributed by atoms with Crippen LogP contribution in [0.2, 0.25) is 5.02 Å². The van der Waals surface area contributed by atoms with Crippen molar-refractivity contribution >= 4 is 45.0 Å². The molecule has 31 heavy (non-hydrogen) atoms. The lowest BCUT2D eigenvalue weighted by atomic mass is 10.3. The number of rotatable bonds is 7. The molecule has 1 amide bonds. The van der Waals surface area contributed by atoms with Crippen molar-refractivity contribution in [2.24, 2.45) is 0 Å². The third-order valence-corrected chi connectivity index (χ3v) is 7.83. The van der Waals surface area contributed by atoms with Crippen LogP contribution >= 0.6 is 23.4 Å². The smallest absolute Gasteiger partial charge is 0.243 e. The molecule has 0 aliphatic carbocycles. The molecule has 9 nitrogen and oxygen atoms in total. The molecule has 1 fully saturated rings. The molecule has 1 N–H and O–H groups in total. The second kappa shape index (κ2) is 9.35. The van der Waals surface area contributed by atoms with Crippen LogP contribution in [0.1, 0.15) is 12.8 Å². The maximum atomic E-state index is 12.8. The maximum Gasteiger partial charge on any atom is 0.243 e. The molecule has 1 saturated heterocycles. The molecule has 4 rings (SSSR count). The summed E-state index contributed by atoms with van der Waals surface area (Å²) in [4.78, 5) is 12.6. The minimum Gasteiger partial charge on any atom is -0.324 e. The number of sulfonamides is 1. The van der Waals surface area contributed by atoms with Gasteiger partial charge in [0, 0.05) is 13.1 Å². The van der Waals surface area contributed by atoms with E-state index in [1.807, 2.05) is 30.3 Å². The minimum absolute atomic E-state index is 0.0205. The Balaban J connectivity index is 1.44. The predicted molar refractivity (Wildman–Crippen MR) is 118 cm³/mol. The van der Waals surface area contributed by atoms with Gasteiger partial charge in [-0.1, -0.05) is 41.6 Å². The lowest BCUT2D eigenvalue weighted by Crippen LogP contribution is -2.28. The van der Waals surface area contributed by atoms with E-state index < -0.39 is 10.0 Å². The van der Waals surface area contributed by atoms with Gasteiger partial charge in [-0.05, 0) is 53.6 Å². The molecule has 0 radical (unpaired) electrons. The zero-order valence-corrected chi connectivity index (χ0v) is 18.7. The number of nitrogens with zero attached hydrogens (tertiary/aromatic N) is 5. The van der Waals surface area contributed by atoms with Gasteiger partial charge >= 0.3 is 0 Å². The molecule has 2 heterocycles. The number of carbonyl (C=O) groups is 1. The Bertz CT molecular complexity index is 1180. The van der Waals surface area contributed by atoms with Gasteiger partial charge in [0.15, 0.2) is 0 Å². The quantitative estimate of drug-likeness (QED) is 0.520. The zero-order valence-electron chi connectivity index (χ0n) is 16.3. The number of aromatic nitrogens is 4. The molecule has 2 aromatic carbocycles. The first-order chi connectivity index (χ1) is 14.9. The number of carbonyl (C=O) groups excluding carboxylic acids is 1. The lowest BCUT2D eigenvalue weighted by molar-refractivity contribution is -0.113. The number of benzene rings is 2. The molecule has 1 aromatic heterocycles. The Hall–Kier alpha value is -2.47. The van der Waals surface area contributed by atoms with Gasteiger partial charge in [-0.3, -0.25) is 4.79 Å². The SMILES string of the molecule is O=C(CSc1nnnn1-c1ccccc1)Nc1cc(S(=O)(=O)N2CCCC2)ccc1Cl. The van der Waals surface area contributed by atoms with Crippen molar-refractivity contribution in [3.63, 3.8) is 0 Å². The number of halogens is 1. The average molecular weight is 479 g/mol. The molecular weight excluding hydrogens is 460 g/mol. The molecule has 0 spiro atoms. The van der Waals surface area contributed by atoms with Crippen molar-refractivity contribution in [2.75, 3.05) is 24.2 Å². The minimum atomic E-state index is -3.61. The highest BCUT2D eigenvalue weighted by atomic mass is 35.5. The van der Waals surface area contributed by atoms with E-state index in [-0.39, 0.29) is 27.3 Å². The molecule has 1 aliphatic heterocycles. The second-order valence-electron chi connectivity index (χ2n) is 6.80. The van der Waals surface area contributed by atoms with E-state index in [1.54, 1.807) is 0 Å². The molecule has 3 aromatic rings. The van der Waals surface area contributed by atoms with Crippen LogP contribution in [0, 0.1) is 0 Å². The van der Waals surface area contributed by atoms with Crippen molar-refractivity contribution in [2.45, 2.75) is 22.9 Å². The number of anilines is 1. The molecule has 0 bridgehead atoms. The lowest BCUT2D eigenvalue weighted by Gasteiger charge is -2.16. The summed E-state index contributed by atoms with van der Waals surface area (Å²) in [6.07, 6.45) is 1.69. The summed E-state index contributed by atoms with van der Waals surface area (Å²) in [6.45, 7) is 0.999. The number of hydrogen-bond acceptors (Lipinski definition) is 7. The van der Waals surface area contributed by atoms with Gasteiger partial charge in [0.1, 0.15) is 0 Å². The summed E-state index contributed by atoms with van der Waals surface area (Å²) in [5.74, 6) is -0.336. The molecule has 1 aliphatic rings. The molecular formula is C19H19ClN6O3S2. The second-order valence-corrected chi connectivity index (χ2v) is 10.1. The fraction of sp³-hybridized carbons (Fsp3) is 0.263. The first kappa shape index (κ1) is 21.8. The maximum absolute atomic E-state index is 12.8. The van der Waals surface area contributed by atoms with Crippen molar-refractivity contribution in [3.05, 3.63) is 53.6 Å². The molecule has 0 saturated carbocycles. The van der Waals surface area contributed by atoms with E-state index in [0.29, 0.717) is 18.2 Å². The standard InChI is InChI=1S/C19H19ClN6O3S2/c20-16-9-8-15(31(28,29)25-10-4-5-11-25)12-17(16)21-18(27)13-30-19-22-23-24-26(19)14-6-2-1-3-7-14/h1-3,6-9,12H,4-5,10-11,13H2,(H,21,27). The van der Waals surface area contributed by atoms with E-state index in [0.717, 1.165) is 30.3 Å². The highest BCUT2D eigenvalue weighted by Crippen LogP contribution is 2.29. The van der Waals surface area contributed by atoms with E-state index in [4.69, 9.17) is 11.6 Å². The van der Waals surface area contributed by atoms with Gasteiger partial charge in [-0.2, -0.15) is 8.99 Å². The van der Waals surface area contributed by atoms with E-state index in [2.05, 4.69) is 20.8 Å². The number of thioether (sulfide) groups is 1. The van der Waals surface area contributed by atoms with Crippen molar-refractivity contribution in [1.82, 2.24) is 24.5 Å². The molecule has 12 heteroatoms. The van der Waals surface area contributed by atoms with Crippen LogP contribution in [0.3, 0.4) is 0 Å². The normalized spacial score (nSPS) is 14.6. The summed E-state index contributed by atoms with van der Waals surface area (Å²) in [6, 6.07) is 13.6. The predicted octanol–water partition coefficient (Wildman–Crippen LogP) is 2.83. The largest absolute Gasteiger partial charge is 0.324 e. The first-order valence-corrected chi connectivity index (χ1v) is 12.3. The van der Waals surface area contributed by atoms with Crippen LogP contribution in [0.25, 0.3) is 5.69 Å². The van der Waals surface area contributed by atoms with Crippen molar-refractivity contribution in [3.8, 4) is 5.69 Å². The van der Waals surface area contributed by atoms with E-state index in [9.17, 15) is 13.2 Å². The summed E-state index contributed by atoms with van der Waals surface area (Å²) >= 11 is 7.35. The fourth-order valence-electron chi connectivity index (χ4n) is 3.15. The van der Waals surface area contributed by atoms with Crippen molar-refractivity contribution in [1.29, 1.82) is 0 Å². The Morgan fingerprint density at radius 2 is 1.87 bits per heavy atom. The summed E-state index contributed by atoms with van der Waals surface area (Å²) in [5.41, 5.74) is 1.02. The number of hydrogen-bond donors (Lipinski definition) is 1. The molecule has 0 unspecified atom stereocenters. The van der Waals surface area contributed by atoms with Crippen LogP contribution in [-0.2, 0) is 14.8 Å². The topological polar surface area (TPSA) is 110 Å². The zero-order chi connectivity index (χ0) is 21.8. The summed E-state index contributed by atoms with van der Waals surface area (Å²) in [7, 11) is -3.61. The fourth-order valence-corrected chi connectivity index (χ4v) is 5.55. The highest BCUT2D eigenvalue weighted by Gasteiger charge is 2.27. The van der Waals surface area contributed by atoms with Crippen molar-refractivity contribution < 1.29 is 13.2 Å². The van der Waals surface area contributed by atoms with Gasteiger partial charge < -0.3 is 5.32 Å². The van der Waals surface area contributed by atoms with Gasteiger partial charge in [-0.15, -0.1) is 5.10 Å². The first-order valence-electron chi connectivity index (χ1n) is 9.51. The Labute approximate surface area is 188 Å². The molecule has 0 atom stereocenters. The van der Waals surface area contributed by atoms with Gasteiger partial charge in [-0.25, -0.2) is 8.42 Å². The van der Waals surface area contributed by atoms with Crippen LogP contribution in [0.5, 0.6) is 0 Å². The Morgan fingerprint density at radius 3 is 2.61 bits per heavy atom. The third kappa shape index (κ3) is 4.90. The average Bonchev–Trinajstić information content (AvgIpc) is 3.47. The number of amides is 1. The highest BCUT2D eigenvalue weighted by molar-refractivity contribution is 7.99. The van der Waals surface area contributed by atoms with Crippen LogP contribution in [-0.4, -0.2) is 57.7 Å². The van der Waals surface area contributed by atoms with Crippen LogP contribution in [0.4, 0.5) is 5.69 Å². The molecule has 162 valence electrons. The van der Waals surface area contributed by atoms with Crippen LogP contribution in [0.15, 0.2) is 58.6 Å². The van der Waals surface area contributed by atoms with Gasteiger partial charge in [0.05, 0.1) is 27.0 Å². The summed E-state index contributed by atoms with van der Waals surface area (Å²) < 4.78 is 28.5. The summed E-state index contributed by atoms with van der Waals surface area (Å²) in [5, 5.41) is 15.0. The third-order valence-electron chi connectivity index (χ3n) is 4.69. The monoisotopic (exact) mass is 478 g/mol. The van der Waals surface area contributed by atoms with Gasteiger partial charge in [0.2, 0.25) is 21.1 Å². The number of para-hydroxylation sites is 1. The Kier molecular flexibility index (Phi) is 6.56. The Morgan fingerprint density at radius 1 is 1.13 bits per heavy atom. The van der Waals surface area contributed by atoms with Gasteiger partial charge in [0.25, 0.3) is 0 Å². The number of tetrazole rings is 1. The number of nitrogens with one attached hydrogen (secondary N) is 1. The van der Waals surface area contributed by atoms with E-state index in [1.165, 1.54) is 27.2 Å². The van der Waals surface area contributed by atoms with E-state index >= 15 is 0 Å². The van der Waals surface area contributed by atoms with Crippen LogP contribution < -0.4 is 5.32 Å².